The van der Waals surface area contributed by atoms with Gasteiger partial charge in [0.25, 0.3) is 0 Å². The summed E-state index contributed by atoms with van der Waals surface area (Å²) in [4.78, 5) is 22.4. The van der Waals surface area contributed by atoms with Crippen molar-refractivity contribution in [2.75, 3.05) is 33.0 Å². The second-order valence-corrected chi connectivity index (χ2v) is 14.6. The highest BCUT2D eigenvalue weighted by molar-refractivity contribution is 7.47. The van der Waals surface area contributed by atoms with E-state index in [9.17, 15) is 14.3 Å². The number of rotatable bonds is 38. The van der Waals surface area contributed by atoms with Gasteiger partial charge in [-0.05, 0) is 83.5 Å². The minimum absolute atomic E-state index is 0.0811. The molecule has 0 aromatic rings. The molecule has 53 heavy (non-hydrogen) atoms. The Bertz CT molecular complexity index is 1080. The van der Waals surface area contributed by atoms with Crippen LogP contribution in [-0.4, -0.2) is 49.9 Å². The first kappa shape index (κ1) is 50.7. The highest BCUT2D eigenvalue weighted by atomic mass is 31.2. The van der Waals surface area contributed by atoms with E-state index >= 15 is 0 Å². The zero-order chi connectivity index (χ0) is 38.8. The van der Waals surface area contributed by atoms with E-state index in [1.165, 1.54) is 51.4 Å². The molecule has 3 N–H and O–H groups in total. The third-order valence-electron chi connectivity index (χ3n) is 8.05. The zero-order valence-corrected chi connectivity index (χ0v) is 34.4. The molecule has 304 valence electrons. The Morgan fingerprint density at radius 3 is 1.58 bits per heavy atom. The smallest absolute Gasteiger partial charge is 0.457 e. The number of hydrogen-bond acceptors (Lipinski definition) is 7. The van der Waals surface area contributed by atoms with Crippen molar-refractivity contribution in [2.24, 2.45) is 5.73 Å². The number of esters is 1. The molecule has 0 bridgehead atoms. The third kappa shape index (κ3) is 40.7. The second-order valence-electron chi connectivity index (χ2n) is 13.1. The Hall–Kier alpha value is -2.32. The molecule has 9 heteroatoms. The molecule has 0 aromatic carbocycles. The minimum Gasteiger partial charge on any atom is -0.457 e. The predicted octanol–water partition coefficient (Wildman–Crippen LogP) is 12.1. The Kier molecular flexibility index (Phi) is 39.1. The van der Waals surface area contributed by atoms with E-state index < -0.39 is 19.9 Å². The van der Waals surface area contributed by atoms with E-state index in [2.05, 4.69) is 98.9 Å². The number of carbonyl (C=O) groups excluding carboxylic acids is 1. The number of carbonyl (C=O) groups is 1. The predicted molar refractivity (Wildman–Crippen MR) is 224 cm³/mol. The maximum atomic E-state index is 12.5. The van der Waals surface area contributed by atoms with Gasteiger partial charge in [-0.1, -0.05) is 144 Å². The van der Waals surface area contributed by atoms with Crippen LogP contribution in [0.15, 0.2) is 85.1 Å². The van der Waals surface area contributed by atoms with E-state index in [1.807, 2.05) is 0 Å². The van der Waals surface area contributed by atoms with Crippen molar-refractivity contribution in [1.29, 1.82) is 0 Å². The van der Waals surface area contributed by atoms with Crippen LogP contribution < -0.4 is 5.73 Å². The van der Waals surface area contributed by atoms with Crippen LogP contribution in [0.2, 0.25) is 0 Å². The lowest BCUT2D eigenvalue weighted by Crippen LogP contribution is -2.28. The van der Waals surface area contributed by atoms with Gasteiger partial charge in [0.1, 0.15) is 6.10 Å². The molecule has 2 unspecified atom stereocenters. The van der Waals surface area contributed by atoms with Crippen LogP contribution in [0.4, 0.5) is 0 Å². The average molecular weight is 762 g/mol. The topological polar surface area (TPSA) is 117 Å². The van der Waals surface area contributed by atoms with Gasteiger partial charge in [0.2, 0.25) is 0 Å². The third-order valence-corrected chi connectivity index (χ3v) is 9.03. The first-order valence-corrected chi connectivity index (χ1v) is 22.1. The van der Waals surface area contributed by atoms with Crippen LogP contribution in [0.5, 0.6) is 0 Å². The van der Waals surface area contributed by atoms with E-state index in [-0.39, 0.29) is 32.8 Å². The summed E-state index contributed by atoms with van der Waals surface area (Å²) in [6.07, 6.45) is 51.8. The van der Waals surface area contributed by atoms with Gasteiger partial charge < -0.3 is 20.1 Å². The molecule has 0 aliphatic carbocycles. The first-order chi connectivity index (χ1) is 25.9. The standard InChI is InChI=1S/C44H76NO7P/c1-3-5-7-9-11-13-15-17-19-21-23-25-27-29-31-33-35-37-44(46)52-43(42-51-53(47,48)50-40-38-45)41-49-39-36-34-32-30-28-26-24-22-20-18-16-14-12-10-8-6-4-2/h5,7,11,13-14,16-17,19-20,22-23,25,29,31,43H,3-4,6,8-10,12,15,18,21,24,26-28,30,32-42,45H2,1-2H3,(H,47,48)/b7-5-,13-11-,16-14-,19-17-,22-20-,25-23-,31-29-. The van der Waals surface area contributed by atoms with Gasteiger partial charge in [-0.3, -0.25) is 13.8 Å². The number of hydrogen-bond donors (Lipinski definition) is 2. The van der Waals surface area contributed by atoms with Crippen LogP contribution in [-0.2, 0) is 27.9 Å². The normalized spacial score (nSPS) is 14.4. The number of ether oxygens (including phenoxy) is 2. The second kappa shape index (κ2) is 40.9. The molecule has 0 saturated carbocycles. The highest BCUT2D eigenvalue weighted by Crippen LogP contribution is 2.43. The number of unbranched alkanes of at least 4 members (excludes halogenated alkanes) is 11. The van der Waals surface area contributed by atoms with Crippen molar-refractivity contribution < 1.29 is 32.8 Å². The van der Waals surface area contributed by atoms with E-state index in [0.717, 1.165) is 70.6 Å². The fourth-order valence-electron chi connectivity index (χ4n) is 5.06. The molecular formula is C44H76NO7P. The summed E-state index contributed by atoms with van der Waals surface area (Å²) in [5.41, 5.74) is 5.36. The van der Waals surface area contributed by atoms with Crippen LogP contribution >= 0.6 is 7.82 Å². The van der Waals surface area contributed by atoms with Gasteiger partial charge in [-0.15, -0.1) is 0 Å². The van der Waals surface area contributed by atoms with Crippen molar-refractivity contribution in [1.82, 2.24) is 0 Å². The molecule has 2 atom stereocenters. The van der Waals surface area contributed by atoms with Crippen molar-refractivity contribution >= 4 is 13.8 Å². The van der Waals surface area contributed by atoms with Gasteiger partial charge in [-0.25, -0.2) is 4.57 Å². The fourth-order valence-corrected chi connectivity index (χ4v) is 5.83. The molecule has 0 rings (SSSR count). The van der Waals surface area contributed by atoms with Gasteiger partial charge in [0.15, 0.2) is 0 Å². The summed E-state index contributed by atoms with van der Waals surface area (Å²) in [5.74, 6) is -0.394. The monoisotopic (exact) mass is 762 g/mol. The number of phosphoric acid groups is 1. The van der Waals surface area contributed by atoms with Crippen molar-refractivity contribution in [3.05, 3.63) is 85.1 Å². The van der Waals surface area contributed by atoms with Crippen LogP contribution in [0.3, 0.4) is 0 Å². The Balaban J connectivity index is 4.21. The van der Waals surface area contributed by atoms with Crippen molar-refractivity contribution in [3.8, 4) is 0 Å². The van der Waals surface area contributed by atoms with Gasteiger partial charge in [0.05, 0.1) is 19.8 Å². The lowest BCUT2D eigenvalue weighted by Gasteiger charge is -2.20. The molecule has 0 aromatic heterocycles. The molecule has 0 aliphatic heterocycles. The summed E-state index contributed by atoms with van der Waals surface area (Å²) < 4.78 is 33.3. The highest BCUT2D eigenvalue weighted by Gasteiger charge is 2.25. The SMILES string of the molecule is CC/C=C\C/C=C\C/C=C\C/C=C\C/C=C\CCCC(=O)OC(COCCCCCCCC/C=C\C/C=C\CCCCCC)COP(=O)(O)OCCN. The molecule has 0 fully saturated rings. The molecule has 0 spiro atoms. The van der Waals surface area contributed by atoms with E-state index in [4.69, 9.17) is 24.3 Å². The van der Waals surface area contributed by atoms with Crippen LogP contribution in [0, 0.1) is 0 Å². The van der Waals surface area contributed by atoms with E-state index in [0.29, 0.717) is 13.0 Å². The van der Waals surface area contributed by atoms with Crippen LogP contribution in [0.25, 0.3) is 0 Å². The summed E-state index contributed by atoms with van der Waals surface area (Å²) in [5, 5.41) is 0. The quantitative estimate of drug-likeness (QED) is 0.0276. The maximum absolute atomic E-state index is 12.5. The number of allylic oxidation sites excluding steroid dienone is 14. The van der Waals surface area contributed by atoms with Crippen molar-refractivity contribution in [3.63, 3.8) is 0 Å². The Morgan fingerprint density at radius 1 is 0.585 bits per heavy atom. The molecule has 0 aliphatic rings. The Labute approximate surface area is 324 Å². The molecule has 0 heterocycles. The number of phosphoric ester groups is 1. The molecule has 0 saturated heterocycles. The van der Waals surface area contributed by atoms with Gasteiger partial charge >= 0.3 is 13.8 Å². The Morgan fingerprint density at radius 2 is 1.06 bits per heavy atom. The lowest BCUT2D eigenvalue weighted by molar-refractivity contribution is -0.154. The average Bonchev–Trinajstić information content (AvgIpc) is 3.15. The molecule has 0 amide bonds. The van der Waals surface area contributed by atoms with Gasteiger partial charge in [-0.2, -0.15) is 0 Å². The summed E-state index contributed by atoms with van der Waals surface area (Å²) in [6, 6.07) is 0. The summed E-state index contributed by atoms with van der Waals surface area (Å²) in [6.45, 7) is 4.66. The largest absolute Gasteiger partial charge is 0.472 e. The van der Waals surface area contributed by atoms with E-state index in [1.54, 1.807) is 0 Å². The molecule has 8 nitrogen and oxygen atoms in total. The first-order valence-electron chi connectivity index (χ1n) is 20.6. The fraction of sp³-hybridized carbons (Fsp3) is 0.659. The van der Waals surface area contributed by atoms with Crippen LogP contribution in [0.1, 0.15) is 149 Å². The molecule has 0 radical (unpaired) electrons. The van der Waals surface area contributed by atoms with Crippen molar-refractivity contribution in [2.45, 2.75) is 155 Å². The molecular weight excluding hydrogens is 685 g/mol. The zero-order valence-electron chi connectivity index (χ0n) is 33.5. The lowest BCUT2D eigenvalue weighted by atomic mass is 10.1. The summed E-state index contributed by atoms with van der Waals surface area (Å²) >= 11 is 0. The maximum Gasteiger partial charge on any atom is 0.472 e. The number of nitrogens with two attached hydrogens (primary N) is 1. The van der Waals surface area contributed by atoms with Gasteiger partial charge in [0, 0.05) is 19.6 Å². The summed E-state index contributed by atoms with van der Waals surface area (Å²) in [7, 11) is -4.30. The minimum atomic E-state index is -4.30.